The van der Waals surface area contributed by atoms with E-state index in [1.54, 1.807) is 12.1 Å². The van der Waals surface area contributed by atoms with Crippen LogP contribution in [-0.4, -0.2) is 21.2 Å². The van der Waals surface area contributed by atoms with Gasteiger partial charge in [0.15, 0.2) is 5.82 Å². The highest BCUT2D eigenvalue weighted by Crippen LogP contribution is 2.15. The number of hydrogen-bond donors (Lipinski definition) is 2. The van der Waals surface area contributed by atoms with E-state index in [0.29, 0.717) is 17.3 Å². The molecule has 0 amide bonds. The first kappa shape index (κ1) is 12.8. The van der Waals surface area contributed by atoms with Crippen LogP contribution in [-0.2, 0) is 0 Å². The SMILES string of the molecule is CC(C)Nc1nncc(Nc2cccc(C#N)c2)n1. The van der Waals surface area contributed by atoms with Gasteiger partial charge in [0.25, 0.3) is 0 Å². The van der Waals surface area contributed by atoms with E-state index >= 15 is 0 Å². The Bertz CT molecular complexity index is 602. The lowest BCUT2D eigenvalue weighted by Gasteiger charge is -2.09. The first-order chi connectivity index (χ1) is 9.17. The molecule has 0 fully saturated rings. The topological polar surface area (TPSA) is 86.5 Å². The van der Waals surface area contributed by atoms with Crippen LogP contribution in [0.3, 0.4) is 0 Å². The van der Waals surface area contributed by atoms with Gasteiger partial charge in [-0.25, -0.2) is 0 Å². The second-order valence-corrected chi connectivity index (χ2v) is 4.28. The Balaban J connectivity index is 2.16. The van der Waals surface area contributed by atoms with Crippen LogP contribution < -0.4 is 10.6 Å². The molecule has 0 saturated heterocycles. The number of benzene rings is 1. The number of hydrogen-bond acceptors (Lipinski definition) is 6. The summed E-state index contributed by atoms with van der Waals surface area (Å²) in [5, 5.41) is 22.8. The molecule has 0 bridgehead atoms. The molecule has 1 heterocycles. The van der Waals surface area contributed by atoms with Crippen molar-refractivity contribution < 1.29 is 0 Å². The molecule has 0 spiro atoms. The van der Waals surface area contributed by atoms with Gasteiger partial charge >= 0.3 is 0 Å². The van der Waals surface area contributed by atoms with E-state index in [4.69, 9.17) is 5.26 Å². The molecule has 1 aromatic heterocycles. The standard InChI is InChI=1S/C13H14N6/c1-9(2)16-13-18-12(8-15-19-13)17-11-5-3-4-10(6-11)7-14/h3-6,8-9H,1-2H3,(H2,16,17,18,19). The minimum Gasteiger partial charge on any atom is -0.351 e. The Hall–Kier alpha value is -2.68. The van der Waals surface area contributed by atoms with Crippen LogP contribution in [0.1, 0.15) is 19.4 Å². The summed E-state index contributed by atoms with van der Waals surface area (Å²) in [6.07, 6.45) is 1.53. The van der Waals surface area contributed by atoms with E-state index in [0.717, 1.165) is 5.69 Å². The summed E-state index contributed by atoms with van der Waals surface area (Å²) in [6, 6.07) is 9.49. The number of nitriles is 1. The second kappa shape index (κ2) is 5.78. The van der Waals surface area contributed by atoms with Crippen LogP contribution in [0.5, 0.6) is 0 Å². The van der Waals surface area contributed by atoms with E-state index in [1.807, 2.05) is 26.0 Å². The fraction of sp³-hybridized carbons (Fsp3) is 0.231. The third kappa shape index (κ3) is 3.64. The maximum atomic E-state index is 8.85. The highest BCUT2D eigenvalue weighted by molar-refractivity contribution is 5.58. The Morgan fingerprint density at radius 2 is 2.16 bits per heavy atom. The summed E-state index contributed by atoms with van der Waals surface area (Å²) in [5.41, 5.74) is 1.38. The Morgan fingerprint density at radius 1 is 1.32 bits per heavy atom. The molecule has 0 radical (unpaired) electrons. The lowest BCUT2D eigenvalue weighted by Crippen LogP contribution is -2.13. The minimum absolute atomic E-state index is 0.235. The van der Waals surface area contributed by atoms with Crippen LogP contribution in [0.25, 0.3) is 0 Å². The van der Waals surface area contributed by atoms with Crippen LogP contribution in [0, 0.1) is 11.3 Å². The third-order valence-corrected chi connectivity index (χ3v) is 2.24. The molecule has 0 unspecified atom stereocenters. The van der Waals surface area contributed by atoms with Crippen molar-refractivity contribution in [3.63, 3.8) is 0 Å². The van der Waals surface area contributed by atoms with Crippen molar-refractivity contribution in [2.75, 3.05) is 10.6 Å². The fourth-order valence-electron chi connectivity index (χ4n) is 1.50. The van der Waals surface area contributed by atoms with Gasteiger partial charge in [-0.05, 0) is 32.0 Å². The zero-order valence-corrected chi connectivity index (χ0v) is 10.8. The van der Waals surface area contributed by atoms with Gasteiger partial charge in [0, 0.05) is 11.7 Å². The van der Waals surface area contributed by atoms with Crippen molar-refractivity contribution in [3.8, 4) is 6.07 Å². The van der Waals surface area contributed by atoms with E-state index in [2.05, 4.69) is 31.9 Å². The smallest absolute Gasteiger partial charge is 0.244 e. The quantitative estimate of drug-likeness (QED) is 0.870. The molecule has 2 rings (SSSR count). The summed E-state index contributed by atoms with van der Waals surface area (Å²) < 4.78 is 0. The van der Waals surface area contributed by atoms with Crippen molar-refractivity contribution in [3.05, 3.63) is 36.0 Å². The van der Waals surface area contributed by atoms with Crippen molar-refractivity contribution in [2.45, 2.75) is 19.9 Å². The molecule has 96 valence electrons. The average molecular weight is 254 g/mol. The Kier molecular flexibility index (Phi) is 3.88. The molecule has 2 N–H and O–H groups in total. The number of aromatic nitrogens is 3. The highest BCUT2D eigenvalue weighted by atomic mass is 15.3. The molecule has 0 aliphatic carbocycles. The van der Waals surface area contributed by atoms with Gasteiger partial charge in [0.05, 0.1) is 17.8 Å². The summed E-state index contributed by atoms with van der Waals surface area (Å²) in [5.74, 6) is 1.05. The number of rotatable bonds is 4. The van der Waals surface area contributed by atoms with E-state index < -0.39 is 0 Å². The zero-order valence-electron chi connectivity index (χ0n) is 10.8. The molecule has 0 atom stereocenters. The first-order valence-corrected chi connectivity index (χ1v) is 5.91. The largest absolute Gasteiger partial charge is 0.351 e. The van der Waals surface area contributed by atoms with Crippen molar-refractivity contribution in [2.24, 2.45) is 0 Å². The maximum absolute atomic E-state index is 8.85. The predicted molar refractivity (Wildman–Crippen MR) is 73.0 cm³/mol. The monoisotopic (exact) mass is 254 g/mol. The van der Waals surface area contributed by atoms with E-state index in [-0.39, 0.29) is 6.04 Å². The average Bonchev–Trinajstić information content (AvgIpc) is 2.38. The summed E-state index contributed by atoms with van der Waals surface area (Å²) in [7, 11) is 0. The molecular formula is C13H14N6. The van der Waals surface area contributed by atoms with Crippen LogP contribution in [0.4, 0.5) is 17.5 Å². The lowest BCUT2D eigenvalue weighted by atomic mass is 10.2. The van der Waals surface area contributed by atoms with Gasteiger partial charge in [0.2, 0.25) is 5.95 Å². The van der Waals surface area contributed by atoms with Gasteiger partial charge in [0.1, 0.15) is 0 Å². The Labute approximate surface area is 111 Å². The van der Waals surface area contributed by atoms with Crippen LogP contribution in [0.15, 0.2) is 30.5 Å². The number of nitrogens with zero attached hydrogens (tertiary/aromatic N) is 4. The Morgan fingerprint density at radius 3 is 2.89 bits per heavy atom. The van der Waals surface area contributed by atoms with Crippen molar-refractivity contribution in [1.82, 2.24) is 15.2 Å². The van der Waals surface area contributed by atoms with Gasteiger partial charge in [-0.2, -0.15) is 15.3 Å². The molecule has 1 aromatic carbocycles. The molecular weight excluding hydrogens is 240 g/mol. The lowest BCUT2D eigenvalue weighted by molar-refractivity contribution is 0.852. The fourth-order valence-corrected chi connectivity index (χ4v) is 1.50. The number of nitrogens with one attached hydrogen (secondary N) is 2. The van der Waals surface area contributed by atoms with Crippen molar-refractivity contribution >= 4 is 17.5 Å². The summed E-state index contributed by atoms with van der Waals surface area (Å²) >= 11 is 0. The summed E-state index contributed by atoms with van der Waals surface area (Å²) in [6.45, 7) is 4.00. The molecule has 2 aromatic rings. The van der Waals surface area contributed by atoms with Gasteiger partial charge in [-0.1, -0.05) is 6.07 Å². The predicted octanol–water partition coefficient (Wildman–Crippen LogP) is 2.31. The third-order valence-electron chi connectivity index (χ3n) is 2.24. The van der Waals surface area contributed by atoms with Crippen LogP contribution in [0.2, 0.25) is 0 Å². The molecule has 19 heavy (non-hydrogen) atoms. The zero-order chi connectivity index (χ0) is 13.7. The molecule has 0 aliphatic rings. The van der Waals surface area contributed by atoms with E-state index in [1.165, 1.54) is 6.20 Å². The second-order valence-electron chi connectivity index (χ2n) is 4.28. The molecule has 0 aliphatic heterocycles. The normalized spacial score (nSPS) is 10.0. The van der Waals surface area contributed by atoms with Gasteiger partial charge < -0.3 is 10.6 Å². The van der Waals surface area contributed by atoms with E-state index in [9.17, 15) is 0 Å². The number of anilines is 3. The van der Waals surface area contributed by atoms with Crippen LogP contribution >= 0.6 is 0 Å². The van der Waals surface area contributed by atoms with Crippen molar-refractivity contribution in [1.29, 1.82) is 5.26 Å². The van der Waals surface area contributed by atoms with Gasteiger partial charge in [-0.15, -0.1) is 5.10 Å². The molecule has 0 saturated carbocycles. The molecule has 6 heteroatoms. The minimum atomic E-state index is 0.235. The first-order valence-electron chi connectivity index (χ1n) is 5.91. The summed E-state index contributed by atoms with van der Waals surface area (Å²) in [4.78, 5) is 4.28. The van der Waals surface area contributed by atoms with Gasteiger partial charge in [-0.3, -0.25) is 0 Å². The maximum Gasteiger partial charge on any atom is 0.244 e. The highest BCUT2D eigenvalue weighted by Gasteiger charge is 2.02. The molecule has 6 nitrogen and oxygen atoms in total.